The van der Waals surface area contributed by atoms with Crippen molar-refractivity contribution in [2.24, 2.45) is 5.92 Å². The van der Waals surface area contributed by atoms with Gasteiger partial charge in [0.1, 0.15) is 5.75 Å². The molecule has 0 bridgehead atoms. The minimum atomic E-state index is -0.148. The van der Waals surface area contributed by atoms with E-state index in [4.69, 9.17) is 9.47 Å². The second kappa shape index (κ2) is 7.60. The molecule has 0 radical (unpaired) electrons. The van der Waals surface area contributed by atoms with Gasteiger partial charge in [-0.25, -0.2) is 0 Å². The standard InChI is InChI=1S/C18H20O3/c1-14(18(19)16-6-4-3-5-7-16)12-21-13-15-8-10-17(20-2)11-9-15/h3-11,14H,12-13H2,1-2H3/t14-/m0/s1. The van der Waals surface area contributed by atoms with Crippen LogP contribution in [-0.4, -0.2) is 19.5 Å². The summed E-state index contributed by atoms with van der Waals surface area (Å²) in [5.41, 5.74) is 1.80. The van der Waals surface area contributed by atoms with Gasteiger partial charge in [0.15, 0.2) is 5.78 Å². The van der Waals surface area contributed by atoms with Crippen LogP contribution in [0.1, 0.15) is 22.8 Å². The maximum atomic E-state index is 12.2. The van der Waals surface area contributed by atoms with E-state index in [9.17, 15) is 4.79 Å². The smallest absolute Gasteiger partial charge is 0.167 e. The third-order valence-electron chi connectivity index (χ3n) is 3.30. The molecule has 2 rings (SSSR count). The van der Waals surface area contributed by atoms with Gasteiger partial charge in [0.05, 0.1) is 20.3 Å². The lowest BCUT2D eigenvalue weighted by Crippen LogP contribution is -2.17. The van der Waals surface area contributed by atoms with Crippen LogP contribution in [0, 0.1) is 5.92 Å². The quantitative estimate of drug-likeness (QED) is 0.727. The van der Waals surface area contributed by atoms with Gasteiger partial charge in [-0.05, 0) is 17.7 Å². The van der Waals surface area contributed by atoms with Gasteiger partial charge in [-0.2, -0.15) is 0 Å². The number of hydrogen-bond acceptors (Lipinski definition) is 3. The fraction of sp³-hybridized carbons (Fsp3) is 0.278. The lowest BCUT2D eigenvalue weighted by molar-refractivity contribution is 0.0687. The van der Waals surface area contributed by atoms with Gasteiger partial charge in [0, 0.05) is 11.5 Å². The predicted molar refractivity (Wildman–Crippen MR) is 82.6 cm³/mol. The first-order valence-corrected chi connectivity index (χ1v) is 7.00. The van der Waals surface area contributed by atoms with Gasteiger partial charge < -0.3 is 9.47 Å². The number of hydrogen-bond donors (Lipinski definition) is 0. The Morgan fingerprint density at radius 1 is 1.05 bits per heavy atom. The van der Waals surface area contributed by atoms with E-state index in [1.807, 2.05) is 61.5 Å². The summed E-state index contributed by atoms with van der Waals surface area (Å²) in [5, 5.41) is 0. The molecule has 0 heterocycles. The molecule has 2 aromatic carbocycles. The monoisotopic (exact) mass is 284 g/mol. The maximum Gasteiger partial charge on any atom is 0.167 e. The summed E-state index contributed by atoms with van der Waals surface area (Å²) in [5.74, 6) is 0.794. The Hall–Kier alpha value is -2.13. The molecule has 0 N–H and O–H groups in total. The van der Waals surface area contributed by atoms with Crippen molar-refractivity contribution in [3.05, 3.63) is 65.7 Å². The van der Waals surface area contributed by atoms with Crippen molar-refractivity contribution >= 4 is 5.78 Å². The fourth-order valence-electron chi connectivity index (χ4n) is 2.04. The molecule has 0 aliphatic heterocycles. The number of carbonyl (C=O) groups is 1. The molecule has 0 fully saturated rings. The number of ether oxygens (including phenoxy) is 2. The normalized spacial score (nSPS) is 11.9. The number of benzene rings is 2. The second-order valence-electron chi connectivity index (χ2n) is 4.99. The van der Waals surface area contributed by atoms with Gasteiger partial charge in [0.25, 0.3) is 0 Å². The number of Topliss-reactive ketones (excluding diaryl/α,β-unsaturated/α-hetero) is 1. The molecule has 110 valence electrons. The van der Waals surface area contributed by atoms with Crippen molar-refractivity contribution in [1.82, 2.24) is 0 Å². The van der Waals surface area contributed by atoms with Crippen molar-refractivity contribution < 1.29 is 14.3 Å². The number of methoxy groups -OCH3 is 1. The summed E-state index contributed by atoms with van der Waals surface area (Å²) in [4.78, 5) is 12.2. The number of ketones is 1. The molecule has 1 atom stereocenters. The summed E-state index contributed by atoms with van der Waals surface area (Å²) in [7, 11) is 1.64. The summed E-state index contributed by atoms with van der Waals surface area (Å²) in [6.07, 6.45) is 0. The summed E-state index contributed by atoms with van der Waals surface area (Å²) >= 11 is 0. The molecular weight excluding hydrogens is 264 g/mol. The zero-order valence-electron chi connectivity index (χ0n) is 12.4. The first-order chi connectivity index (χ1) is 10.2. The molecule has 2 aromatic rings. The Bertz CT molecular complexity index is 561. The molecule has 0 unspecified atom stereocenters. The molecule has 0 aliphatic carbocycles. The van der Waals surface area contributed by atoms with Crippen LogP contribution < -0.4 is 4.74 Å². The molecule has 0 amide bonds. The van der Waals surface area contributed by atoms with Crippen molar-refractivity contribution in [2.75, 3.05) is 13.7 Å². The van der Waals surface area contributed by atoms with Crippen LogP contribution in [0.15, 0.2) is 54.6 Å². The van der Waals surface area contributed by atoms with Crippen molar-refractivity contribution in [1.29, 1.82) is 0 Å². The maximum absolute atomic E-state index is 12.2. The van der Waals surface area contributed by atoms with E-state index in [2.05, 4.69) is 0 Å². The van der Waals surface area contributed by atoms with E-state index in [1.165, 1.54) is 0 Å². The first kappa shape index (κ1) is 15.3. The largest absolute Gasteiger partial charge is 0.497 e. The molecule has 0 saturated carbocycles. The highest BCUT2D eigenvalue weighted by Crippen LogP contribution is 2.13. The average Bonchev–Trinajstić information content (AvgIpc) is 2.55. The lowest BCUT2D eigenvalue weighted by Gasteiger charge is -2.11. The molecule has 0 aromatic heterocycles. The van der Waals surface area contributed by atoms with E-state index < -0.39 is 0 Å². The third-order valence-corrected chi connectivity index (χ3v) is 3.30. The molecule has 3 nitrogen and oxygen atoms in total. The van der Waals surface area contributed by atoms with Gasteiger partial charge >= 0.3 is 0 Å². The van der Waals surface area contributed by atoms with Crippen LogP contribution in [-0.2, 0) is 11.3 Å². The highest BCUT2D eigenvalue weighted by atomic mass is 16.5. The third kappa shape index (κ3) is 4.43. The summed E-state index contributed by atoms with van der Waals surface area (Å²) < 4.78 is 10.7. The van der Waals surface area contributed by atoms with Crippen LogP contribution in [0.2, 0.25) is 0 Å². The average molecular weight is 284 g/mol. The highest BCUT2D eigenvalue weighted by molar-refractivity contribution is 5.97. The van der Waals surface area contributed by atoms with E-state index in [0.29, 0.717) is 13.2 Å². The Kier molecular flexibility index (Phi) is 5.52. The minimum absolute atomic E-state index is 0.116. The predicted octanol–water partition coefficient (Wildman–Crippen LogP) is 3.73. The van der Waals surface area contributed by atoms with Crippen LogP contribution in [0.3, 0.4) is 0 Å². The fourth-order valence-corrected chi connectivity index (χ4v) is 2.04. The van der Waals surface area contributed by atoms with E-state index in [-0.39, 0.29) is 11.7 Å². The van der Waals surface area contributed by atoms with E-state index >= 15 is 0 Å². The molecule has 0 saturated heterocycles. The number of carbonyl (C=O) groups excluding carboxylic acids is 1. The minimum Gasteiger partial charge on any atom is -0.497 e. The topological polar surface area (TPSA) is 35.5 Å². The molecule has 0 aliphatic rings. The van der Waals surface area contributed by atoms with Crippen molar-refractivity contribution in [3.8, 4) is 5.75 Å². The Morgan fingerprint density at radius 3 is 2.33 bits per heavy atom. The SMILES string of the molecule is COc1ccc(COC[C@H](C)C(=O)c2ccccc2)cc1. The lowest BCUT2D eigenvalue weighted by atomic mass is 10.0. The molecule has 3 heteroatoms. The summed E-state index contributed by atoms with van der Waals surface area (Å²) in [6, 6.07) is 17.0. The van der Waals surface area contributed by atoms with Crippen molar-refractivity contribution in [2.45, 2.75) is 13.5 Å². The van der Waals surface area contributed by atoms with E-state index in [0.717, 1.165) is 16.9 Å². The van der Waals surface area contributed by atoms with Gasteiger partial charge in [-0.15, -0.1) is 0 Å². The van der Waals surface area contributed by atoms with Crippen molar-refractivity contribution in [3.63, 3.8) is 0 Å². The zero-order chi connectivity index (χ0) is 15.1. The van der Waals surface area contributed by atoms with E-state index in [1.54, 1.807) is 7.11 Å². The van der Waals surface area contributed by atoms with Gasteiger partial charge in [-0.3, -0.25) is 4.79 Å². The number of rotatable bonds is 7. The Morgan fingerprint density at radius 2 is 1.71 bits per heavy atom. The highest BCUT2D eigenvalue weighted by Gasteiger charge is 2.14. The van der Waals surface area contributed by atoms with Crippen LogP contribution in [0.5, 0.6) is 5.75 Å². The Labute approximate surface area is 125 Å². The Balaban J connectivity index is 1.81. The molecule has 21 heavy (non-hydrogen) atoms. The van der Waals surface area contributed by atoms with Gasteiger partial charge in [0.2, 0.25) is 0 Å². The van der Waals surface area contributed by atoms with Gasteiger partial charge in [-0.1, -0.05) is 49.4 Å². The van der Waals surface area contributed by atoms with Crippen LogP contribution in [0.4, 0.5) is 0 Å². The van der Waals surface area contributed by atoms with Crippen LogP contribution in [0.25, 0.3) is 0 Å². The molecule has 0 spiro atoms. The summed E-state index contributed by atoms with van der Waals surface area (Å²) in [6.45, 7) is 2.81. The first-order valence-electron chi connectivity index (χ1n) is 7.00. The molecular formula is C18H20O3. The second-order valence-corrected chi connectivity index (χ2v) is 4.99. The van der Waals surface area contributed by atoms with Crippen LogP contribution >= 0.6 is 0 Å². The zero-order valence-corrected chi connectivity index (χ0v) is 12.4.